The Morgan fingerprint density at radius 3 is 2.29 bits per heavy atom. The molecule has 4 N–H and O–H groups in total. The summed E-state index contributed by atoms with van der Waals surface area (Å²) >= 11 is 0.894. The second kappa shape index (κ2) is 6.91. The number of nitrogens with one attached hydrogen (secondary N) is 2. The Labute approximate surface area is 159 Å². The first-order valence-corrected chi connectivity index (χ1v) is 8.71. The normalized spacial score (nSPS) is 24.9. The van der Waals surface area contributed by atoms with Gasteiger partial charge in [0.15, 0.2) is 5.78 Å². The summed E-state index contributed by atoms with van der Waals surface area (Å²) in [7, 11) is 0. The molecule has 0 unspecified atom stereocenters. The highest BCUT2D eigenvalue weighted by molar-refractivity contribution is 7.12. The fourth-order valence-electron chi connectivity index (χ4n) is 3.02. The van der Waals surface area contributed by atoms with Crippen LogP contribution in [0.1, 0.15) is 31.6 Å². The molecule has 1 aromatic heterocycles. The Bertz CT molecular complexity index is 914. The zero-order valence-electron chi connectivity index (χ0n) is 13.9. The average Bonchev–Trinajstić information content (AvgIpc) is 3.14. The quantitative estimate of drug-likeness (QED) is 0.574. The number of carboxylic acids is 1. The zero-order valence-corrected chi connectivity index (χ0v) is 14.7. The number of hydrogen-bond acceptors (Lipinski definition) is 5. The zero-order chi connectivity index (χ0) is 20.7. The van der Waals surface area contributed by atoms with Crippen LogP contribution in [-0.2, 0) is 0 Å². The summed E-state index contributed by atoms with van der Waals surface area (Å²) in [6, 6.07) is 4.55. The van der Waals surface area contributed by atoms with Crippen molar-refractivity contribution in [1.82, 2.24) is 10.6 Å². The van der Waals surface area contributed by atoms with Crippen molar-refractivity contribution in [3.05, 3.63) is 57.8 Å². The third-order valence-corrected chi connectivity index (χ3v) is 5.25. The van der Waals surface area contributed by atoms with E-state index in [-0.39, 0.29) is 16.0 Å². The fourth-order valence-corrected chi connectivity index (χ4v) is 3.73. The lowest BCUT2D eigenvalue weighted by Crippen LogP contribution is -2.72. The molecular formula is C17H13F3N2O5S. The van der Waals surface area contributed by atoms with Gasteiger partial charge in [-0.3, -0.25) is 4.79 Å². The number of hydrogen-bond donors (Lipinski definition) is 4. The summed E-state index contributed by atoms with van der Waals surface area (Å²) in [5.74, 6) is -4.41. The van der Waals surface area contributed by atoms with Gasteiger partial charge >= 0.3 is 18.2 Å². The predicted molar refractivity (Wildman–Crippen MR) is 91.0 cm³/mol. The van der Waals surface area contributed by atoms with Crippen LogP contribution in [0, 0.1) is 5.92 Å². The minimum Gasteiger partial charge on any atom is -0.478 e. The molecule has 1 aromatic carbocycles. The number of aliphatic hydroxyl groups is 1. The van der Waals surface area contributed by atoms with Crippen LogP contribution in [0.3, 0.4) is 0 Å². The summed E-state index contributed by atoms with van der Waals surface area (Å²) in [4.78, 5) is 35.7. The first-order valence-electron chi connectivity index (χ1n) is 7.83. The number of carbonyl (C=O) groups excluding carboxylic acids is 2. The fraction of sp³-hybridized carbons (Fsp3) is 0.235. The van der Waals surface area contributed by atoms with Gasteiger partial charge in [0.25, 0.3) is 0 Å². The molecule has 0 aliphatic carbocycles. The van der Waals surface area contributed by atoms with Crippen LogP contribution in [0.2, 0.25) is 0 Å². The van der Waals surface area contributed by atoms with E-state index in [4.69, 9.17) is 5.11 Å². The molecule has 3 atom stereocenters. The van der Waals surface area contributed by atoms with E-state index in [1.165, 1.54) is 35.0 Å². The lowest BCUT2D eigenvalue weighted by Gasteiger charge is -2.44. The largest absolute Gasteiger partial charge is 0.478 e. The van der Waals surface area contributed by atoms with E-state index in [9.17, 15) is 32.7 Å². The van der Waals surface area contributed by atoms with E-state index in [0.29, 0.717) is 0 Å². The van der Waals surface area contributed by atoms with Gasteiger partial charge in [0, 0.05) is 0 Å². The Balaban J connectivity index is 2.12. The van der Waals surface area contributed by atoms with Crippen molar-refractivity contribution in [3.8, 4) is 0 Å². The number of halogens is 3. The molecule has 2 aromatic rings. The molecule has 1 aliphatic heterocycles. The molecule has 11 heteroatoms. The second-order valence-corrected chi connectivity index (χ2v) is 7.03. The number of thiophene rings is 1. The number of carbonyl (C=O) groups is 3. The second-order valence-electron chi connectivity index (χ2n) is 6.09. The number of carboxylic acid groups (broad SMARTS) is 1. The molecule has 7 nitrogen and oxygen atoms in total. The molecule has 148 valence electrons. The maximum absolute atomic E-state index is 13.7. The number of Topliss-reactive ketones (excluding diaryl/α,β-unsaturated/α-hetero) is 1. The maximum Gasteiger partial charge on any atom is 0.437 e. The van der Waals surface area contributed by atoms with Crippen molar-refractivity contribution in [2.45, 2.75) is 17.9 Å². The van der Waals surface area contributed by atoms with Gasteiger partial charge in [0.05, 0.1) is 16.5 Å². The van der Waals surface area contributed by atoms with E-state index in [0.717, 1.165) is 23.5 Å². The number of ketones is 1. The minimum atomic E-state index is -5.35. The topological polar surface area (TPSA) is 116 Å². The van der Waals surface area contributed by atoms with Gasteiger partial charge in [-0.25, -0.2) is 9.59 Å². The Morgan fingerprint density at radius 2 is 1.79 bits per heavy atom. The van der Waals surface area contributed by atoms with Gasteiger partial charge in [-0.1, -0.05) is 18.2 Å². The van der Waals surface area contributed by atoms with Gasteiger partial charge in [0.1, 0.15) is 5.92 Å². The molecular weight excluding hydrogens is 401 g/mol. The maximum atomic E-state index is 13.7. The number of benzene rings is 1. The molecule has 0 spiro atoms. The number of amides is 2. The SMILES string of the molecule is O=C1N[C@H](c2ccc(C(=O)O)cc2)[C@H](C(=O)c2cccs2)[C@@](O)(C(F)(F)F)N1. The van der Waals surface area contributed by atoms with Crippen molar-refractivity contribution in [2.24, 2.45) is 5.92 Å². The first-order chi connectivity index (χ1) is 13.0. The smallest absolute Gasteiger partial charge is 0.437 e. The molecule has 2 amide bonds. The third kappa shape index (κ3) is 3.34. The number of urea groups is 1. The van der Waals surface area contributed by atoms with Crippen LogP contribution in [0.4, 0.5) is 18.0 Å². The summed E-state index contributed by atoms with van der Waals surface area (Å²) in [5, 5.41) is 24.5. The van der Waals surface area contributed by atoms with Gasteiger partial charge < -0.3 is 20.8 Å². The highest BCUT2D eigenvalue weighted by Gasteiger charge is 2.66. The molecule has 3 rings (SSSR count). The standard InChI is InChI=1S/C17H13F3N2O5S/c18-17(19,20)16(27)11(13(23)10-2-1-7-28-10)12(21-15(26)22-16)8-3-5-9(6-4-8)14(24)25/h1-7,11-12,27H,(H,24,25)(H2,21,22,26)/t11-,12-,16-/m1/s1. The third-order valence-electron chi connectivity index (χ3n) is 4.37. The van der Waals surface area contributed by atoms with Crippen LogP contribution >= 0.6 is 11.3 Å². The van der Waals surface area contributed by atoms with Crippen molar-refractivity contribution in [2.75, 3.05) is 0 Å². The van der Waals surface area contributed by atoms with Gasteiger partial charge in [-0.2, -0.15) is 13.2 Å². The monoisotopic (exact) mass is 414 g/mol. The van der Waals surface area contributed by atoms with Crippen LogP contribution in [0.15, 0.2) is 41.8 Å². The molecule has 0 saturated carbocycles. The summed E-state index contributed by atoms with van der Waals surface area (Å²) in [6.45, 7) is 0. The summed E-state index contributed by atoms with van der Waals surface area (Å²) in [6.07, 6.45) is -5.35. The van der Waals surface area contributed by atoms with Gasteiger partial charge in [-0.15, -0.1) is 11.3 Å². The lowest BCUT2D eigenvalue weighted by atomic mass is 9.78. The van der Waals surface area contributed by atoms with E-state index < -0.39 is 41.6 Å². The van der Waals surface area contributed by atoms with E-state index in [2.05, 4.69) is 5.32 Å². The van der Waals surface area contributed by atoms with Crippen molar-refractivity contribution >= 4 is 29.1 Å². The van der Waals surface area contributed by atoms with Gasteiger partial charge in [0.2, 0.25) is 5.72 Å². The van der Waals surface area contributed by atoms with Gasteiger partial charge in [-0.05, 0) is 29.1 Å². The van der Waals surface area contributed by atoms with Crippen molar-refractivity contribution < 1.29 is 37.8 Å². The molecule has 0 bridgehead atoms. The van der Waals surface area contributed by atoms with E-state index in [1.54, 1.807) is 0 Å². The Morgan fingerprint density at radius 1 is 1.14 bits per heavy atom. The van der Waals surface area contributed by atoms with Crippen molar-refractivity contribution in [3.63, 3.8) is 0 Å². The number of alkyl halides is 3. The number of rotatable bonds is 4. The molecule has 28 heavy (non-hydrogen) atoms. The average molecular weight is 414 g/mol. The predicted octanol–water partition coefficient (Wildman–Crippen LogP) is 2.55. The van der Waals surface area contributed by atoms with E-state index >= 15 is 0 Å². The Hall–Kier alpha value is -2.92. The summed E-state index contributed by atoms with van der Waals surface area (Å²) in [5.41, 5.74) is -3.90. The minimum absolute atomic E-state index is 0.0298. The molecule has 1 fully saturated rings. The van der Waals surface area contributed by atoms with Crippen LogP contribution < -0.4 is 10.6 Å². The Kier molecular flexibility index (Phi) is 4.90. The molecule has 2 heterocycles. The molecule has 1 aliphatic rings. The lowest BCUT2D eigenvalue weighted by molar-refractivity contribution is -0.287. The molecule has 0 radical (unpaired) electrons. The highest BCUT2D eigenvalue weighted by atomic mass is 32.1. The van der Waals surface area contributed by atoms with Crippen LogP contribution in [0.25, 0.3) is 0 Å². The van der Waals surface area contributed by atoms with E-state index in [1.807, 2.05) is 0 Å². The summed E-state index contributed by atoms with van der Waals surface area (Å²) < 4.78 is 41.1. The van der Waals surface area contributed by atoms with Crippen LogP contribution in [0.5, 0.6) is 0 Å². The van der Waals surface area contributed by atoms with Crippen molar-refractivity contribution in [1.29, 1.82) is 0 Å². The highest BCUT2D eigenvalue weighted by Crippen LogP contribution is 2.44. The van der Waals surface area contributed by atoms with Crippen LogP contribution in [-0.4, -0.2) is 39.9 Å². The number of aromatic carboxylic acids is 1. The first kappa shape index (κ1) is 19.8. The molecule has 1 saturated heterocycles.